The van der Waals surface area contributed by atoms with Crippen LogP contribution in [0.1, 0.15) is 31.1 Å². The van der Waals surface area contributed by atoms with Crippen molar-refractivity contribution in [2.45, 2.75) is 32.6 Å². The number of methoxy groups -OCH3 is 2. The first kappa shape index (κ1) is 16.7. The third-order valence-corrected chi connectivity index (χ3v) is 5.02. The van der Waals surface area contributed by atoms with E-state index in [-0.39, 0.29) is 0 Å². The van der Waals surface area contributed by atoms with Crippen molar-refractivity contribution in [3.8, 4) is 22.6 Å². The molecule has 3 rings (SSSR count). The molecule has 24 heavy (non-hydrogen) atoms. The molecule has 2 heterocycles. The Morgan fingerprint density at radius 1 is 1.00 bits per heavy atom. The molecule has 2 aromatic heterocycles. The summed E-state index contributed by atoms with van der Waals surface area (Å²) in [5.41, 5.74) is 4.09. The van der Waals surface area contributed by atoms with Gasteiger partial charge in [-0.15, -0.1) is 0 Å². The van der Waals surface area contributed by atoms with E-state index in [9.17, 15) is 0 Å². The topological polar surface area (TPSA) is 44.2 Å². The number of fused-ring (bicyclic) bond motifs is 1. The Balaban J connectivity index is 1.91. The molecule has 4 nitrogen and oxygen atoms in total. The van der Waals surface area contributed by atoms with Gasteiger partial charge in [-0.25, -0.2) is 0 Å². The van der Waals surface area contributed by atoms with Crippen LogP contribution in [-0.2, 0) is 6.42 Å². The summed E-state index contributed by atoms with van der Waals surface area (Å²) in [5.74, 6) is 1.44. The average Bonchev–Trinajstić information content (AvgIpc) is 3.03. The zero-order valence-electron chi connectivity index (χ0n) is 14.3. The first-order valence-corrected chi connectivity index (χ1v) is 9.00. The molecule has 0 fully saturated rings. The van der Waals surface area contributed by atoms with E-state index in [2.05, 4.69) is 22.3 Å². The highest BCUT2D eigenvalue weighted by Crippen LogP contribution is 2.33. The fourth-order valence-electron chi connectivity index (χ4n) is 2.76. The van der Waals surface area contributed by atoms with Gasteiger partial charge in [-0.05, 0) is 48.1 Å². The zero-order valence-corrected chi connectivity index (χ0v) is 15.2. The number of nitrogens with zero attached hydrogens (tertiary/aromatic N) is 2. The Kier molecular flexibility index (Phi) is 5.30. The van der Waals surface area contributed by atoms with Gasteiger partial charge in [0.1, 0.15) is 11.0 Å². The molecule has 0 radical (unpaired) electrons. The lowest BCUT2D eigenvalue weighted by atomic mass is 10.1. The highest BCUT2D eigenvalue weighted by molar-refractivity contribution is 7.07. The van der Waals surface area contributed by atoms with Gasteiger partial charge >= 0.3 is 0 Å². The highest BCUT2D eigenvalue weighted by atomic mass is 32.1. The highest BCUT2D eigenvalue weighted by Gasteiger charge is 2.11. The molecule has 0 N–H and O–H groups in total. The second kappa shape index (κ2) is 7.62. The van der Waals surface area contributed by atoms with Gasteiger partial charge in [-0.1, -0.05) is 25.8 Å². The monoisotopic (exact) mass is 342 g/mol. The summed E-state index contributed by atoms with van der Waals surface area (Å²) in [5, 5.41) is 0. The standard InChI is InChI=1S/C19H22N2O2S/c1-4-5-6-7-18-19-15(21-24-18)10-14(12-20-19)13-8-9-16(22-2)17(11-13)23-3/h8-12H,4-7H2,1-3H3. The average molecular weight is 342 g/mol. The fourth-order valence-corrected chi connectivity index (χ4v) is 3.59. The summed E-state index contributed by atoms with van der Waals surface area (Å²) in [7, 11) is 3.28. The minimum Gasteiger partial charge on any atom is -0.493 e. The lowest BCUT2D eigenvalue weighted by Gasteiger charge is -2.09. The van der Waals surface area contributed by atoms with Crippen LogP contribution in [0.4, 0.5) is 0 Å². The van der Waals surface area contributed by atoms with Gasteiger partial charge in [0.05, 0.1) is 19.1 Å². The van der Waals surface area contributed by atoms with E-state index in [1.54, 1.807) is 25.8 Å². The number of rotatable bonds is 7. The molecule has 1 aromatic carbocycles. The molecule has 0 aliphatic heterocycles. The number of aromatic nitrogens is 2. The van der Waals surface area contributed by atoms with Crippen LogP contribution in [0.15, 0.2) is 30.5 Å². The molecule has 0 atom stereocenters. The SMILES string of the molecule is CCCCCc1snc2cc(-c3ccc(OC)c(OC)c3)cnc12. The molecule has 3 aromatic rings. The molecule has 0 aliphatic rings. The summed E-state index contributed by atoms with van der Waals surface area (Å²) in [4.78, 5) is 5.96. The summed E-state index contributed by atoms with van der Waals surface area (Å²) in [6.45, 7) is 2.22. The Hall–Kier alpha value is -2.14. The third kappa shape index (κ3) is 3.36. The van der Waals surface area contributed by atoms with E-state index in [0.29, 0.717) is 5.75 Å². The Morgan fingerprint density at radius 2 is 1.83 bits per heavy atom. The van der Waals surface area contributed by atoms with Crippen molar-refractivity contribution in [2.24, 2.45) is 0 Å². The summed E-state index contributed by atoms with van der Waals surface area (Å²) in [6, 6.07) is 7.99. The molecular weight excluding hydrogens is 320 g/mol. The normalized spacial score (nSPS) is 11.0. The maximum absolute atomic E-state index is 5.39. The van der Waals surface area contributed by atoms with Gasteiger partial charge in [0, 0.05) is 11.8 Å². The molecule has 0 saturated heterocycles. The minimum atomic E-state index is 0.716. The van der Waals surface area contributed by atoms with E-state index < -0.39 is 0 Å². The van der Waals surface area contributed by atoms with Crippen LogP contribution < -0.4 is 9.47 Å². The lowest BCUT2D eigenvalue weighted by Crippen LogP contribution is -1.91. The zero-order chi connectivity index (χ0) is 16.9. The second-order valence-electron chi connectivity index (χ2n) is 5.72. The van der Waals surface area contributed by atoms with Crippen molar-refractivity contribution in [2.75, 3.05) is 14.2 Å². The number of aryl methyl sites for hydroxylation is 1. The Morgan fingerprint density at radius 3 is 2.58 bits per heavy atom. The second-order valence-corrected chi connectivity index (χ2v) is 6.58. The number of unbranched alkanes of at least 4 members (excludes halogenated alkanes) is 2. The summed E-state index contributed by atoms with van der Waals surface area (Å²) in [6.07, 6.45) is 6.67. The molecule has 0 spiro atoms. The molecule has 0 aliphatic carbocycles. The Labute approximate surface area is 146 Å². The lowest BCUT2D eigenvalue weighted by molar-refractivity contribution is 0.355. The van der Waals surface area contributed by atoms with Crippen LogP contribution in [0.3, 0.4) is 0 Å². The molecule has 0 amide bonds. The molecule has 0 bridgehead atoms. The summed E-state index contributed by atoms with van der Waals surface area (Å²) >= 11 is 1.57. The van der Waals surface area contributed by atoms with Crippen molar-refractivity contribution < 1.29 is 9.47 Å². The molecular formula is C19H22N2O2S. The van der Waals surface area contributed by atoms with Gasteiger partial charge in [0.25, 0.3) is 0 Å². The van der Waals surface area contributed by atoms with Crippen LogP contribution >= 0.6 is 11.5 Å². The van der Waals surface area contributed by atoms with Gasteiger partial charge in [0.2, 0.25) is 0 Å². The predicted molar refractivity (Wildman–Crippen MR) is 99.2 cm³/mol. The van der Waals surface area contributed by atoms with Crippen molar-refractivity contribution in [1.82, 2.24) is 9.36 Å². The van der Waals surface area contributed by atoms with Crippen molar-refractivity contribution in [3.05, 3.63) is 35.3 Å². The van der Waals surface area contributed by atoms with Crippen LogP contribution in [0.25, 0.3) is 22.2 Å². The quantitative estimate of drug-likeness (QED) is 0.560. The maximum atomic E-state index is 5.39. The van der Waals surface area contributed by atoms with Crippen molar-refractivity contribution in [3.63, 3.8) is 0 Å². The smallest absolute Gasteiger partial charge is 0.161 e. The first-order chi connectivity index (χ1) is 11.8. The molecule has 0 unspecified atom stereocenters. The number of hydrogen-bond donors (Lipinski definition) is 0. The Bertz CT molecular complexity index is 829. The van der Waals surface area contributed by atoms with E-state index in [1.165, 1.54) is 24.1 Å². The van der Waals surface area contributed by atoms with E-state index in [1.807, 2.05) is 24.4 Å². The molecule has 126 valence electrons. The van der Waals surface area contributed by atoms with Crippen molar-refractivity contribution in [1.29, 1.82) is 0 Å². The van der Waals surface area contributed by atoms with E-state index in [0.717, 1.165) is 34.3 Å². The van der Waals surface area contributed by atoms with E-state index in [4.69, 9.17) is 9.47 Å². The van der Waals surface area contributed by atoms with Gasteiger partial charge < -0.3 is 9.47 Å². The number of pyridine rings is 1. The van der Waals surface area contributed by atoms with Gasteiger partial charge in [0.15, 0.2) is 11.5 Å². The third-order valence-electron chi connectivity index (χ3n) is 4.11. The number of benzene rings is 1. The van der Waals surface area contributed by atoms with Gasteiger partial charge in [-0.2, -0.15) is 4.37 Å². The number of ether oxygens (including phenoxy) is 2. The van der Waals surface area contributed by atoms with Crippen LogP contribution in [0.2, 0.25) is 0 Å². The molecule has 5 heteroatoms. The predicted octanol–water partition coefficient (Wildman–Crippen LogP) is 5.11. The van der Waals surface area contributed by atoms with Crippen LogP contribution in [0, 0.1) is 0 Å². The summed E-state index contributed by atoms with van der Waals surface area (Å²) < 4.78 is 15.3. The molecule has 0 saturated carbocycles. The fraction of sp³-hybridized carbons (Fsp3) is 0.368. The van der Waals surface area contributed by atoms with E-state index >= 15 is 0 Å². The first-order valence-electron chi connectivity index (χ1n) is 8.23. The van der Waals surface area contributed by atoms with Crippen LogP contribution in [-0.4, -0.2) is 23.6 Å². The van der Waals surface area contributed by atoms with Crippen LogP contribution in [0.5, 0.6) is 11.5 Å². The maximum Gasteiger partial charge on any atom is 0.161 e. The number of hydrogen-bond acceptors (Lipinski definition) is 5. The largest absolute Gasteiger partial charge is 0.493 e. The minimum absolute atomic E-state index is 0.716. The van der Waals surface area contributed by atoms with Crippen molar-refractivity contribution >= 4 is 22.6 Å². The van der Waals surface area contributed by atoms with Gasteiger partial charge in [-0.3, -0.25) is 4.98 Å².